The minimum atomic E-state index is -1.80. The largest absolute Gasteiger partial charge is 0.204 e. The van der Waals surface area contributed by atoms with E-state index in [-0.39, 0.29) is 5.56 Å². The van der Waals surface area contributed by atoms with Crippen LogP contribution in [-0.4, -0.2) is 0 Å². The SMILES string of the molecule is Fc1cc(-c2cccc3c2[CH]c2ccccc2-3)c(F)c(F)c1F. The zero-order chi connectivity index (χ0) is 16.1. The quantitative estimate of drug-likeness (QED) is 0.247. The third-order valence-corrected chi connectivity index (χ3v) is 4.05. The van der Waals surface area contributed by atoms with Crippen LogP contribution < -0.4 is 0 Å². The summed E-state index contributed by atoms with van der Waals surface area (Å²) in [5.41, 5.74) is 3.46. The summed E-state index contributed by atoms with van der Waals surface area (Å²) in [5, 5.41) is 0. The smallest absolute Gasteiger partial charge is 0.198 e. The molecule has 3 aromatic rings. The van der Waals surface area contributed by atoms with Gasteiger partial charge in [-0.3, -0.25) is 0 Å². The second kappa shape index (κ2) is 4.95. The molecule has 1 aliphatic rings. The number of rotatable bonds is 1. The molecule has 3 aromatic carbocycles. The van der Waals surface area contributed by atoms with Gasteiger partial charge in [0.25, 0.3) is 0 Å². The Hall–Kier alpha value is -2.62. The average Bonchev–Trinajstić information content (AvgIpc) is 2.95. The topological polar surface area (TPSA) is 0 Å². The number of benzene rings is 3. The Bertz CT molecular complexity index is 944. The van der Waals surface area contributed by atoms with Crippen LogP contribution in [0.2, 0.25) is 0 Å². The van der Waals surface area contributed by atoms with Crippen molar-refractivity contribution in [2.24, 2.45) is 0 Å². The molecule has 0 aliphatic heterocycles. The van der Waals surface area contributed by atoms with Crippen LogP contribution in [0, 0.1) is 29.7 Å². The summed E-state index contributed by atoms with van der Waals surface area (Å²) < 4.78 is 54.4. The van der Waals surface area contributed by atoms with Crippen LogP contribution in [0.15, 0.2) is 48.5 Å². The molecule has 0 amide bonds. The van der Waals surface area contributed by atoms with Gasteiger partial charge < -0.3 is 0 Å². The lowest BCUT2D eigenvalue weighted by Gasteiger charge is -2.11. The standard InChI is InChI=1S/C19H9F4/c20-16-9-15(17(21)19(23)18(16)22)13-7-3-6-12-11-5-2-1-4-10(11)8-14(12)13/h1-9H. The van der Waals surface area contributed by atoms with Crippen molar-refractivity contribution in [3.8, 4) is 22.3 Å². The van der Waals surface area contributed by atoms with Crippen molar-refractivity contribution in [2.45, 2.75) is 0 Å². The van der Waals surface area contributed by atoms with E-state index in [1.165, 1.54) is 0 Å². The lowest BCUT2D eigenvalue weighted by atomic mass is 9.95. The minimum Gasteiger partial charge on any atom is -0.204 e. The third kappa shape index (κ3) is 1.98. The highest BCUT2D eigenvalue weighted by molar-refractivity contribution is 5.88. The van der Waals surface area contributed by atoms with E-state index in [0.717, 1.165) is 16.7 Å². The maximum atomic E-state index is 14.1. The van der Waals surface area contributed by atoms with Crippen molar-refractivity contribution in [1.82, 2.24) is 0 Å². The van der Waals surface area contributed by atoms with Crippen LogP contribution in [0.4, 0.5) is 17.6 Å². The molecular weight excluding hydrogens is 304 g/mol. The summed E-state index contributed by atoms with van der Waals surface area (Å²) in [4.78, 5) is 0. The highest BCUT2D eigenvalue weighted by Gasteiger charge is 2.25. The first-order valence-corrected chi connectivity index (χ1v) is 6.98. The van der Waals surface area contributed by atoms with Crippen molar-refractivity contribution < 1.29 is 17.6 Å². The number of hydrogen-bond acceptors (Lipinski definition) is 0. The predicted molar refractivity (Wildman–Crippen MR) is 79.7 cm³/mol. The highest BCUT2D eigenvalue weighted by atomic mass is 19.2. The van der Waals surface area contributed by atoms with Crippen molar-refractivity contribution in [2.75, 3.05) is 0 Å². The van der Waals surface area contributed by atoms with Crippen LogP contribution in [0.5, 0.6) is 0 Å². The molecule has 0 heterocycles. The fraction of sp³-hybridized carbons (Fsp3) is 0. The van der Waals surface area contributed by atoms with Crippen LogP contribution in [-0.2, 0) is 0 Å². The Morgan fingerprint density at radius 1 is 0.565 bits per heavy atom. The Labute approximate surface area is 130 Å². The summed E-state index contributed by atoms with van der Waals surface area (Å²) in [6.45, 7) is 0. The first-order valence-electron chi connectivity index (χ1n) is 6.98. The highest BCUT2D eigenvalue weighted by Crippen LogP contribution is 2.43. The van der Waals surface area contributed by atoms with E-state index in [2.05, 4.69) is 0 Å². The van der Waals surface area contributed by atoms with Gasteiger partial charge in [-0.25, -0.2) is 17.6 Å². The van der Waals surface area contributed by atoms with Crippen molar-refractivity contribution in [3.63, 3.8) is 0 Å². The molecule has 0 spiro atoms. The summed E-state index contributed by atoms with van der Waals surface area (Å²) in [6, 6.07) is 13.4. The molecule has 0 bridgehead atoms. The van der Waals surface area contributed by atoms with Gasteiger partial charge in [0, 0.05) is 12.0 Å². The van der Waals surface area contributed by atoms with Crippen LogP contribution in [0.3, 0.4) is 0 Å². The first-order chi connectivity index (χ1) is 11.1. The fourth-order valence-corrected chi connectivity index (χ4v) is 2.98. The van der Waals surface area contributed by atoms with Crippen molar-refractivity contribution in [3.05, 3.63) is 89.3 Å². The zero-order valence-corrected chi connectivity index (χ0v) is 11.7. The molecule has 1 radical (unpaired) electrons. The van der Waals surface area contributed by atoms with E-state index in [4.69, 9.17) is 0 Å². The summed E-state index contributed by atoms with van der Waals surface area (Å²) in [6.07, 6.45) is 1.83. The number of hydrogen-bond donors (Lipinski definition) is 0. The van der Waals surface area contributed by atoms with E-state index in [9.17, 15) is 17.6 Å². The summed E-state index contributed by atoms with van der Waals surface area (Å²) >= 11 is 0. The third-order valence-electron chi connectivity index (χ3n) is 4.05. The van der Waals surface area contributed by atoms with E-state index in [1.54, 1.807) is 12.1 Å². The molecule has 0 atom stereocenters. The second-order valence-corrected chi connectivity index (χ2v) is 5.35. The fourth-order valence-electron chi connectivity index (χ4n) is 2.98. The minimum absolute atomic E-state index is 0.290. The van der Waals surface area contributed by atoms with E-state index < -0.39 is 23.3 Å². The first kappa shape index (κ1) is 14.0. The summed E-state index contributed by atoms with van der Waals surface area (Å²) in [5.74, 6) is -6.40. The number of halogens is 4. The van der Waals surface area contributed by atoms with Gasteiger partial charge in [0.2, 0.25) is 0 Å². The molecule has 0 unspecified atom stereocenters. The molecule has 23 heavy (non-hydrogen) atoms. The van der Waals surface area contributed by atoms with E-state index >= 15 is 0 Å². The van der Waals surface area contributed by atoms with Gasteiger partial charge in [0.1, 0.15) is 0 Å². The zero-order valence-electron chi connectivity index (χ0n) is 11.7. The molecule has 1 aliphatic carbocycles. The van der Waals surface area contributed by atoms with E-state index in [0.29, 0.717) is 17.2 Å². The molecule has 0 fully saturated rings. The van der Waals surface area contributed by atoms with Gasteiger partial charge in [0.15, 0.2) is 23.3 Å². The maximum absolute atomic E-state index is 14.1. The molecule has 113 valence electrons. The van der Waals surface area contributed by atoms with Crippen LogP contribution in [0.25, 0.3) is 22.3 Å². The molecule has 4 rings (SSSR count). The van der Waals surface area contributed by atoms with Crippen molar-refractivity contribution >= 4 is 0 Å². The number of fused-ring (bicyclic) bond motifs is 3. The Kier molecular flexibility index (Phi) is 3.01. The van der Waals surface area contributed by atoms with Gasteiger partial charge in [-0.05, 0) is 33.9 Å². The van der Waals surface area contributed by atoms with Gasteiger partial charge in [-0.15, -0.1) is 0 Å². The molecule has 0 saturated heterocycles. The Balaban J connectivity index is 1.98. The summed E-state index contributed by atoms with van der Waals surface area (Å²) in [7, 11) is 0. The lowest BCUT2D eigenvalue weighted by molar-refractivity contribution is 0.411. The van der Waals surface area contributed by atoms with Gasteiger partial charge >= 0.3 is 0 Å². The second-order valence-electron chi connectivity index (χ2n) is 5.35. The van der Waals surface area contributed by atoms with Crippen LogP contribution in [0.1, 0.15) is 11.1 Å². The Morgan fingerprint density at radius 2 is 1.22 bits per heavy atom. The monoisotopic (exact) mass is 313 g/mol. The maximum Gasteiger partial charge on any atom is 0.198 e. The van der Waals surface area contributed by atoms with Gasteiger partial charge in [0.05, 0.1) is 0 Å². The predicted octanol–water partition coefficient (Wildman–Crippen LogP) is 5.49. The van der Waals surface area contributed by atoms with Gasteiger partial charge in [-0.2, -0.15) is 0 Å². The van der Waals surface area contributed by atoms with Crippen molar-refractivity contribution in [1.29, 1.82) is 0 Å². The van der Waals surface area contributed by atoms with E-state index in [1.807, 2.05) is 36.8 Å². The molecule has 0 nitrogen and oxygen atoms in total. The molecular formula is C19H9F4. The average molecular weight is 313 g/mol. The molecule has 0 aromatic heterocycles. The molecule has 0 saturated carbocycles. The lowest BCUT2D eigenvalue weighted by Crippen LogP contribution is -2.00. The van der Waals surface area contributed by atoms with Gasteiger partial charge in [-0.1, -0.05) is 42.5 Å². The normalized spacial score (nSPS) is 12.2. The molecule has 0 N–H and O–H groups in total. The van der Waals surface area contributed by atoms with Crippen LogP contribution >= 0.6 is 0 Å². The molecule has 4 heteroatoms. The Morgan fingerprint density at radius 3 is 2.00 bits per heavy atom.